The van der Waals surface area contributed by atoms with Gasteiger partial charge in [-0.25, -0.2) is 0 Å². The van der Waals surface area contributed by atoms with Gasteiger partial charge in [0.15, 0.2) is 0 Å². The molecule has 0 aliphatic carbocycles. The molecular formula is C11H11NO3. The van der Waals surface area contributed by atoms with Crippen LogP contribution in [0.2, 0.25) is 0 Å². The van der Waals surface area contributed by atoms with Crippen LogP contribution in [-0.4, -0.2) is 11.0 Å². The summed E-state index contributed by atoms with van der Waals surface area (Å²) in [6.07, 6.45) is 2.41. The van der Waals surface area contributed by atoms with E-state index in [2.05, 4.69) is 0 Å². The zero-order valence-electron chi connectivity index (χ0n) is 8.06. The summed E-state index contributed by atoms with van der Waals surface area (Å²) < 4.78 is 5.27. The molecule has 1 aromatic carbocycles. The van der Waals surface area contributed by atoms with Gasteiger partial charge in [0.2, 0.25) is 5.91 Å². The van der Waals surface area contributed by atoms with Gasteiger partial charge in [-0.05, 0) is 30.2 Å². The highest BCUT2D eigenvalue weighted by atomic mass is 16.3. The summed E-state index contributed by atoms with van der Waals surface area (Å²) in [6, 6.07) is 4.87. The second-order valence-electron chi connectivity index (χ2n) is 3.41. The van der Waals surface area contributed by atoms with Crippen molar-refractivity contribution in [3.05, 3.63) is 30.0 Å². The number of furan rings is 1. The van der Waals surface area contributed by atoms with Gasteiger partial charge in [0.05, 0.1) is 6.26 Å². The topological polar surface area (TPSA) is 76.5 Å². The molecule has 0 spiro atoms. The van der Waals surface area contributed by atoms with Gasteiger partial charge in [0.1, 0.15) is 11.3 Å². The number of carbonyl (C=O) groups is 1. The molecule has 0 bridgehead atoms. The number of fused-ring (bicyclic) bond motifs is 1. The van der Waals surface area contributed by atoms with Crippen LogP contribution in [0.15, 0.2) is 28.9 Å². The monoisotopic (exact) mass is 205 g/mol. The average Bonchev–Trinajstić information content (AvgIpc) is 2.57. The van der Waals surface area contributed by atoms with E-state index in [0.29, 0.717) is 12.0 Å². The first kappa shape index (κ1) is 9.58. The van der Waals surface area contributed by atoms with Gasteiger partial charge < -0.3 is 15.3 Å². The largest absolute Gasteiger partial charge is 0.508 e. The lowest BCUT2D eigenvalue weighted by Gasteiger charge is -1.96. The summed E-state index contributed by atoms with van der Waals surface area (Å²) in [4.78, 5) is 10.6. The number of phenolic OH excluding ortho intramolecular Hbond substituents is 1. The second-order valence-corrected chi connectivity index (χ2v) is 3.41. The first-order chi connectivity index (χ1) is 7.16. The van der Waals surface area contributed by atoms with Crippen LogP contribution in [0, 0.1) is 0 Å². The molecule has 0 radical (unpaired) electrons. The van der Waals surface area contributed by atoms with E-state index in [4.69, 9.17) is 10.2 Å². The van der Waals surface area contributed by atoms with Crippen molar-refractivity contribution in [1.29, 1.82) is 0 Å². The number of hydrogen-bond donors (Lipinski definition) is 2. The van der Waals surface area contributed by atoms with E-state index < -0.39 is 0 Å². The molecule has 0 saturated heterocycles. The highest BCUT2D eigenvalue weighted by molar-refractivity contribution is 5.83. The van der Waals surface area contributed by atoms with Crippen LogP contribution in [0.3, 0.4) is 0 Å². The maximum absolute atomic E-state index is 10.6. The van der Waals surface area contributed by atoms with Crippen molar-refractivity contribution in [2.45, 2.75) is 12.8 Å². The third-order valence-corrected chi connectivity index (χ3v) is 2.28. The Morgan fingerprint density at radius 3 is 3.00 bits per heavy atom. The van der Waals surface area contributed by atoms with Gasteiger partial charge in [-0.1, -0.05) is 0 Å². The number of carbonyl (C=O) groups excluding carboxylic acids is 1. The number of primary amides is 1. The van der Waals surface area contributed by atoms with E-state index in [1.165, 1.54) is 0 Å². The van der Waals surface area contributed by atoms with Gasteiger partial charge in [-0.3, -0.25) is 4.79 Å². The molecule has 0 atom stereocenters. The third kappa shape index (κ3) is 1.93. The number of aryl methyl sites for hydroxylation is 1. The molecule has 0 fully saturated rings. The molecule has 4 heteroatoms. The first-order valence-electron chi connectivity index (χ1n) is 4.64. The maximum Gasteiger partial charge on any atom is 0.217 e. The van der Waals surface area contributed by atoms with E-state index >= 15 is 0 Å². The predicted octanol–water partition coefficient (Wildman–Crippen LogP) is 1.56. The summed E-state index contributed by atoms with van der Waals surface area (Å²) in [7, 11) is 0. The second kappa shape index (κ2) is 3.65. The summed E-state index contributed by atoms with van der Waals surface area (Å²) in [5, 5.41) is 10.1. The standard InChI is InChI=1S/C11H11NO3/c12-11(14)4-1-7-6-15-10-3-2-8(13)5-9(7)10/h2-3,5-6,13H,1,4H2,(H2,12,14). The third-order valence-electron chi connectivity index (χ3n) is 2.28. The van der Waals surface area contributed by atoms with E-state index in [1.54, 1.807) is 24.5 Å². The quantitative estimate of drug-likeness (QED) is 0.798. The Kier molecular flexibility index (Phi) is 2.33. The summed E-state index contributed by atoms with van der Waals surface area (Å²) >= 11 is 0. The Hall–Kier alpha value is -1.97. The molecule has 78 valence electrons. The minimum absolute atomic E-state index is 0.184. The van der Waals surface area contributed by atoms with E-state index in [0.717, 1.165) is 10.9 Å². The molecule has 4 nitrogen and oxygen atoms in total. The Bertz CT molecular complexity index is 502. The van der Waals surface area contributed by atoms with Crippen LogP contribution in [0.1, 0.15) is 12.0 Å². The fraction of sp³-hybridized carbons (Fsp3) is 0.182. The fourth-order valence-electron chi connectivity index (χ4n) is 1.52. The zero-order valence-corrected chi connectivity index (χ0v) is 8.06. The van der Waals surface area contributed by atoms with Crippen LogP contribution in [-0.2, 0) is 11.2 Å². The number of hydrogen-bond acceptors (Lipinski definition) is 3. The molecular weight excluding hydrogens is 194 g/mol. The fourth-order valence-corrected chi connectivity index (χ4v) is 1.52. The van der Waals surface area contributed by atoms with Crippen LogP contribution >= 0.6 is 0 Å². The number of amides is 1. The molecule has 1 amide bonds. The first-order valence-corrected chi connectivity index (χ1v) is 4.64. The maximum atomic E-state index is 10.6. The van der Waals surface area contributed by atoms with Gasteiger partial charge in [-0.2, -0.15) is 0 Å². The molecule has 1 heterocycles. The van der Waals surface area contributed by atoms with E-state index in [9.17, 15) is 9.90 Å². The average molecular weight is 205 g/mol. The predicted molar refractivity (Wildman–Crippen MR) is 55.4 cm³/mol. The van der Waals surface area contributed by atoms with Crippen LogP contribution in [0.4, 0.5) is 0 Å². The zero-order chi connectivity index (χ0) is 10.8. The van der Waals surface area contributed by atoms with Gasteiger partial charge in [-0.15, -0.1) is 0 Å². The Morgan fingerprint density at radius 2 is 2.27 bits per heavy atom. The Labute approximate surface area is 86.3 Å². The van der Waals surface area contributed by atoms with Crippen molar-refractivity contribution in [3.63, 3.8) is 0 Å². The van der Waals surface area contributed by atoms with Gasteiger partial charge in [0, 0.05) is 11.8 Å². The van der Waals surface area contributed by atoms with Crippen molar-refractivity contribution < 1.29 is 14.3 Å². The smallest absolute Gasteiger partial charge is 0.217 e. The normalized spacial score (nSPS) is 10.7. The summed E-state index contributed by atoms with van der Waals surface area (Å²) in [5.41, 5.74) is 6.65. The van der Waals surface area contributed by atoms with Crippen molar-refractivity contribution in [1.82, 2.24) is 0 Å². The SMILES string of the molecule is NC(=O)CCc1coc2ccc(O)cc12. The molecule has 3 N–H and O–H groups in total. The highest BCUT2D eigenvalue weighted by Gasteiger charge is 2.07. The number of benzene rings is 1. The van der Waals surface area contributed by atoms with E-state index in [1.807, 2.05) is 0 Å². The lowest BCUT2D eigenvalue weighted by Crippen LogP contribution is -2.10. The lowest BCUT2D eigenvalue weighted by molar-refractivity contribution is -0.117. The van der Waals surface area contributed by atoms with Gasteiger partial charge in [0.25, 0.3) is 0 Å². The summed E-state index contributed by atoms with van der Waals surface area (Å²) in [6.45, 7) is 0. The molecule has 0 aliphatic rings. The Morgan fingerprint density at radius 1 is 1.47 bits per heavy atom. The molecule has 15 heavy (non-hydrogen) atoms. The molecule has 0 aliphatic heterocycles. The van der Waals surface area contributed by atoms with Crippen LogP contribution < -0.4 is 5.73 Å². The summed E-state index contributed by atoms with van der Waals surface area (Å²) in [5.74, 6) is -0.159. The molecule has 0 saturated carbocycles. The highest BCUT2D eigenvalue weighted by Crippen LogP contribution is 2.25. The lowest BCUT2D eigenvalue weighted by atomic mass is 10.1. The van der Waals surface area contributed by atoms with Crippen molar-refractivity contribution >= 4 is 16.9 Å². The number of phenols is 1. The molecule has 2 rings (SSSR count). The van der Waals surface area contributed by atoms with Gasteiger partial charge >= 0.3 is 0 Å². The van der Waals surface area contributed by atoms with Crippen LogP contribution in [0.25, 0.3) is 11.0 Å². The molecule has 2 aromatic rings. The van der Waals surface area contributed by atoms with E-state index in [-0.39, 0.29) is 18.1 Å². The van der Waals surface area contributed by atoms with Crippen molar-refractivity contribution in [2.75, 3.05) is 0 Å². The number of aromatic hydroxyl groups is 1. The van der Waals surface area contributed by atoms with Crippen molar-refractivity contribution in [2.24, 2.45) is 5.73 Å². The van der Waals surface area contributed by atoms with Crippen molar-refractivity contribution in [3.8, 4) is 5.75 Å². The molecule has 0 unspecified atom stereocenters. The number of nitrogens with two attached hydrogens (primary N) is 1. The van der Waals surface area contributed by atoms with Crippen LogP contribution in [0.5, 0.6) is 5.75 Å². The Balaban J connectivity index is 2.35. The minimum atomic E-state index is -0.343. The minimum Gasteiger partial charge on any atom is -0.508 e. The molecule has 1 aromatic heterocycles. The number of rotatable bonds is 3.